The minimum atomic E-state index is -4.60. The molecule has 0 saturated carbocycles. The number of halogens is 4. The third-order valence-electron chi connectivity index (χ3n) is 4.20. The fourth-order valence-electron chi connectivity index (χ4n) is 2.74. The van der Waals surface area contributed by atoms with E-state index in [1.165, 1.54) is 16.1 Å². The van der Waals surface area contributed by atoms with Crippen molar-refractivity contribution in [3.05, 3.63) is 18.0 Å². The van der Waals surface area contributed by atoms with Gasteiger partial charge in [0.2, 0.25) is 0 Å². The van der Waals surface area contributed by atoms with Crippen LogP contribution in [0.3, 0.4) is 0 Å². The summed E-state index contributed by atoms with van der Waals surface area (Å²) in [5.41, 5.74) is -0.599. The molecule has 3 rings (SSSR count). The Labute approximate surface area is 164 Å². The van der Waals surface area contributed by atoms with Gasteiger partial charge in [0.05, 0.1) is 0 Å². The van der Waals surface area contributed by atoms with Crippen molar-refractivity contribution in [2.45, 2.75) is 18.1 Å². The number of hydrogen-bond donors (Lipinski definition) is 0. The molecule has 3 heterocycles. The summed E-state index contributed by atoms with van der Waals surface area (Å²) in [5, 5.41) is -0.0336. The number of aryl methyl sites for hydroxylation is 1. The summed E-state index contributed by atoms with van der Waals surface area (Å²) in [7, 11) is 5.51. The number of hydrogen-bond acceptors (Lipinski definition) is 5. The second-order valence-corrected chi connectivity index (χ2v) is 11.3. The van der Waals surface area contributed by atoms with E-state index in [-0.39, 0.29) is 27.8 Å². The van der Waals surface area contributed by atoms with Crippen molar-refractivity contribution in [1.29, 1.82) is 0 Å². The van der Waals surface area contributed by atoms with Crippen LogP contribution in [-0.2, 0) is 46.2 Å². The van der Waals surface area contributed by atoms with Gasteiger partial charge in [-0.05, 0) is 0 Å². The predicted molar refractivity (Wildman–Crippen MR) is 88.9 cm³/mol. The van der Waals surface area contributed by atoms with Gasteiger partial charge in [-0.1, -0.05) is 0 Å². The summed E-state index contributed by atoms with van der Waals surface area (Å²) in [6, 6.07) is 0.829. The third-order valence-corrected chi connectivity index (χ3v) is 9.09. The van der Waals surface area contributed by atoms with Gasteiger partial charge < -0.3 is 0 Å². The molecule has 0 aromatic carbocycles. The summed E-state index contributed by atoms with van der Waals surface area (Å²) in [4.78, 5) is 12.0. The Morgan fingerprint density at radius 3 is 2.44 bits per heavy atom. The molecular formula is C14H13ClF3N5O2SZn. The van der Waals surface area contributed by atoms with E-state index in [4.69, 9.17) is 9.69 Å². The van der Waals surface area contributed by atoms with Crippen LogP contribution in [0.5, 0.6) is 0 Å². The molecule has 0 saturated heterocycles. The average molecular weight is 473 g/mol. The Morgan fingerprint density at radius 2 is 1.89 bits per heavy atom. The van der Waals surface area contributed by atoms with Gasteiger partial charge in [0.15, 0.2) is 0 Å². The van der Waals surface area contributed by atoms with Crippen LogP contribution in [0, 0.1) is 0 Å². The van der Waals surface area contributed by atoms with Crippen molar-refractivity contribution in [2.75, 3.05) is 5.75 Å². The Hall–Kier alpha value is -1.52. The van der Waals surface area contributed by atoms with Crippen LogP contribution in [0.4, 0.5) is 13.2 Å². The molecule has 142 valence electrons. The van der Waals surface area contributed by atoms with Gasteiger partial charge in [0.1, 0.15) is 0 Å². The van der Waals surface area contributed by atoms with E-state index in [0.29, 0.717) is 9.94 Å². The zero-order valence-electron chi connectivity index (χ0n) is 14.5. The SMILES string of the molecule is CCS(=O)(=O)c1c(-c2nc3cc(C(F)(F)F)ncc3n2C)n[c]([Zn][Cl])n1C. The maximum absolute atomic E-state index is 12.9. The first-order chi connectivity index (χ1) is 12.5. The van der Waals surface area contributed by atoms with Gasteiger partial charge in [0.25, 0.3) is 0 Å². The predicted octanol–water partition coefficient (Wildman–Crippen LogP) is 2.04. The molecule has 0 aliphatic heterocycles. The summed E-state index contributed by atoms with van der Waals surface area (Å²) in [5.74, 6) is -0.00893. The summed E-state index contributed by atoms with van der Waals surface area (Å²) in [6.45, 7) is 1.50. The molecule has 27 heavy (non-hydrogen) atoms. The van der Waals surface area contributed by atoms with Crippen LogP contribution in [0.25, 0.3) is 22.6 Å². The Balaban J connectivity index is 2.32. The fourth-order valence-corrected chi connectivity index (χ4v) is 6.62. The summed E-state index contributed by atoms with van der Waals surface area (Å²) < 4.78 is 67.3. The third kappa shape index (κ3) is 3.38. The Bertz CT molecular complexity index is 1140. The quantitative estimate of drug-likeness (QED) is 0.542. The second-order valence-electron chi connectivity index (χ2n) is 5.83. The van der Waals surface area contributed by atoms with E-state index in [1.54, 1.807) is 14.1 Å². The van der Waals surface area contributed by atoms with Gasteiger partial charge in [-0.2, -0.15) is 0 Å². The number of sulfone groups is 1. The van der Waals surface area contributed by atoms with Crippen molar-refractivity contribution < 1.29 is 37.7 Å². The van der Waals surface area contributed by atoms with Gasteiger partial charge in [-0.15, -0.1) is 0 Å². The fraction of sp³-hybridized carbons (Fsp3) is 0.357. The summed E-state index contributed by atoms with van der Waals surface area (Å²) >= 11 is -1.76. The molecule has 7 nitrogen and oxygen atoms in total. The molecule has 0 radical (unpaired) electrons. The number of fused-ring (bicyclic) bond motifs is 1. The van der Waals surface area contributed by atoms with Crippen LogP contribution in [0.2, 0.25) is 0 Å². The maximum atomic E-state index is 12.9. The molecule has 0 aliphatic rings. The number of rotatable bonds is 4. The van der Waals surface area contributed by atoms with Crippen LogP contribution in [0.1, 0.15) is 12.6 Å². The first-order valence-corrected chi connectivity index (χ1v) is 14.8. The first-order valence-electron chi connectivity index (χ1n) is 7.75. The van der Waals surface area contributed by atoms with Gasteiger partial charge in [-0.25, -0.2) is 0 Å². The molecule has 0 bridgehead atoms. The molecule has 0 atom stereocenters. The summed E-state index contributed by atoms with van der Waals surface area (Å²) in [6.07, 6.45) is -3.54. The second kappa shape index (κ2) is 6.82. The normalized spacial score (nSPS) is 12.6. The monoisotopic (exact) mass is 471 g/mol. The van der Waals surface area contributed by atoms with Crippen molar-refractivity contribution >= 4 is 35.0 Å². The molecule has 0 amide bonds. The number of imidazole rings is 2. The molecule has 0 unspecified atom stereocenters. The molecule has 0 N–H and O–H groups in total. The van der Waals surface area contributed by atoms with Crippen molar-refractivity contribution in [2.24, 2.45) is 14.1 Å². The zero-order chi connectivity index (χ0) is 20.1. The molecular weight excluding hydrogens is 460 g/mol. The van der Waals surface area contributed by atoms with E-state index in [0.717, 1.165) is 12.3 Å². The Kier molecular flexibility index (Phi) is 5.11. The number of pyridine rings is 1. The first kappa shape index (κ1) is 20.2. The van der Waals surface area contributed by atoms with Crippen molar-refractivity contribution in [3.63, 3.8) is 0 Å². The number of alkyl halides is 3. The molecule has 3 aromatic rings. The van der Waals surface area contributed by atoms with Crippen molar-refractivity contribution in [3.8, 4) is 11.5 Å². The average Bonchev–Trinajstić information content (AvgIpc) is 3.11. The van der Waals surface area contributed by atoms with Crippen LogP contribution >= 0.6 is 9.69 Å². The van der Waals surface area contributed by atoms with Gasteiger partial charge >= 0.3 is 164 Å². The van der Waals surface area contributed by atoms with E-state index in [2.05, 4.69) is 15.0 Å². The molecule has 13 heteroatoms. The molecule has 0 fully saturated rings. The van der Waals surface area contributed by atoms with Crippen LogP contribution in [-0.4, -0.2) is 38.3 Å². The zero-order valence-corrected chi connectivity index (χ0v) is 19.1. The van der Waals surface area contributed by atoms with Crippen LogP contribution < -0.4 is 4.42 Å². The standard InChI is InChI=1S/C14H13F3N5O2S.ClH.Zn/c1-4-25(23,24)13-11(19-7-21(13)2)12-20-8-5-10(14(15,16)17)18-6-9(8)22(12)3;;/h5-6H,4H2,1-3H3;1H;/q;;+1/p-1. The van der Waals surface area contributed by atoms with E-state index >= 15 is 0 Å². The molecule has 0 aliphatic carbocycles. The number of aromatic nitrogens is 5. The number of nitrogens with zero attached hydrogens (tertiary/aromatic N) is 5. The van der Waals surface area contributed by atoms with Gasteiger partial charge in [-0.3, -0.25) is 0 Å². The van der Waals surface area contributed by atoms with Gasteiger partial charge in [0, 0.05) is 0 Å². The van der Waals surface area contributed by atoms with E-state index in [1.807, 2.05) is 0 Å². The molecule has 0 spiro atoms. The van der Waals surface area contributed by atoms with Crippen LogP contribution in [0.15, 0.2) is 17.3 Å². The molecule has 3 aromatic heterocycles. The topological polar surface area (TPSA) is 82.7 Å². The van der Waals surface area contributed by atoms with Crippen molar-refractivity contribution in [1.82, 2.24) is 24.1 Å². The van der Waals surface area contributed by atoms with E-state index < -0.39 is 37.8 Å². The Morgan fingerprint density at radius 1 is 1.22 bits per heavy atom. The van der Waals surface area contributed by atoms with E-state index in [9.17, 15) is 21.6 Å². The minimum absolute atomic E-state index is 0.0336.